The first-order chi connectivity index (χ1) is 5.15. The molecule has 0 aromatic carbocycles. The van der Waals surface area contributed by atoms with Gasteiger partial charge in [-0.05, 0) is 6.26 Å². The van der Waals surface area contributed by atoms with Gasteiger partial charge in [-0.2, -0.15) is 0 Å². The Kier molecular flexibility index (Phi) is 2.57. The second-order valence-corrected chi connectivity index (χ2v) is 3.12. The molecule has 0 atom stereocenters. The standard InChI is InChI=1S/C6H7ClN2OS/c1-9-5(10)3-4(7)8-6(9)11-2/h3H,1-2H3. The third-order valence-corrected chi connectivity index (χ3v) is 2.17. The summed E-state index contributed by atoms with van der Waals surface area (Å²) in [5.41, 5.74) is -0.130. The summed E-state index contributed by atoms with van der Waals surface area (Å²) < 4.78 is 1.45. The van der Waals surface area contributed by atoms with Crippen LogP contribution in [0.2, 0.25) is 5.15 Å². The quantitative estimate of drug-likeness (QED) is 0.379. The molecule has 0 saturated carbocycles. The van der Waals surface area contributed by atoms with E-state index in [1.54, 1.807) is 7.05 Å². The van der Waals surface area contributed by atoms with Crippen LogP contribution in [-0.4, -0.2) is 15.8 Å². The van der Waals surface area contributed by atoms with Crippen LogP contribution in [-0.2, 0) is 7.05 Å². The lowest BCUT2D eigenvalue weighted by molar-refractivity contribution is 0.710. The monoisotopic (exact) mass is 190 g/mol. The van der Waals surface area contributed by atoms with E-state index in [4.69, 9.17) is 11.6 Å². The van der Waals surface area contributed by atoms with E-state index in [-0.39, 0.29) is 10.7 Å². The van der Waals surface area contributed by atoms with Crippen molar-refractivity contribution in [2.45, 2.75) is 5.16 Å². The fourth-order valence-corrected chi connectivity index (χ4v) is 1.45. The van der Waals surface area contributed by atoms with Gasteiger partial charge in [0.15, 0.2) is 5.16 Å². The van der Waals surface area contributed by atoms with Gasteiger partial charge in [0.05, 0.1) is 0 Å². The van der Waals surface area contributed by atoms with E-state index in [0.29, 0.717) is 5.16 Å². The molecule has 0 aliphatic rings. The molecule has 0 radical (unpaired) electrons. The lowest BCUT2D eigenvalue weighted by Gasteiger charge is -2.02. The molecule has 5 heteroatoms. The molecule has 0 amide bonds. The molecule has 0 aliphatic heterocycles. The van der Waals surface area contributed by atoms with Crippen molar-refractivity contribution in [3.63, 3.8) is 0 Å². The molecular formula is C6H7ClN2OS. The smallest absolute Gasteiger partial charge is 0.255 e. The zero-order valence-corrected chi connectivity index (χ0v) is 7.74. The van der Waals surface area contributed by atoms with E-state index >= 15 is 0 Å². The van der Waals surface area contributed by atoms with Crippen LogP contribution >= 0.6 is 23.4 Å². The topological polar surface area (TPSA) is 34.9 Å². The second kappa shape index (κ2) is 3.28. The molecule has 0 saturated heterocycles. The number of halogens is 1. The van der Waals surface area contributed by atoms with Crippen LogP contribution in [0.1, 0.15) is 0 Å². The third kappa shape index (κ3) is 1.75. The lowest BCUT2D eigenvalue weighted by atomic mass is 10.6. The van der Waals surface area contributed by atoms with E-state index in [1.807, 2.05) is 6.26 Å². The summed E-state index contributed by atoms with van der Waals surface area (Å²) in [4.78, 5) is 15.0. The Labute approximate surface area is 73.4 Å². The molecule has 0 bridgehead atoms. The van der Waals surface area contributed by atoms with Crippen molar-refractivity contribution in [1.29, 1.82) is 0 Å². The van der Waals surface area contributed by atoms with Gasteiger partial charge in [-0.15, -0.1) is 0 Å². The third-order valence-electron chi connectivity index (χ3n) is 1.25. The molecule has 0 fully saturated rings. The van der Waals surface area contributed by atoms with Crippen LogP contribution in [0.5, 0.6) is 0 Å². The summed E-state index contributed by atoms with van der Waals surface area (Å²) in [6, 6.07) is 1.29. The number of hydrogen-bond acceptors (Lipinski definition) is 3. The van der Waals surface area contributed by atoms with Gasteiger partial charge in [-0.3, -0.25) is 9.36 Å². The van der Waals surface area contributed by atoms with Gasteiger partial charge in [0.2, 0.25) is 0 Å². The normalized spacial score (nSPS) is 10.1. The Morgan fingerprint density at radius 2 is 2.36 bits per heavy atom. The van der Waals surface area contributed by atoms with Gasteiger partial charge in [0.25, 0.3) is 5.56 Å². The number of rotatable bonds is 1. The molecule has 0 aliphatic carbocycles. The zero-order chi connectivity index (χ0) is 8.43. The number of aromatic nitrogens is 2. The summed E-state index contributed by atoms with van der Waals surface area (Å²) in [6.45, 7) is 0. The molecule has 1 heterocycles. The van der Waals surface area contributed by atoms with E-state index in [0.717, 1.165) is 0 Å². The molecule has 0 spiro atoms. The minimum absolute atomic E-state index is 0.130. The fourth-order valence-electron chi connectivity index (χ4n) is 0.674. The predicted molar refractivity (Wildman–Crippen MR) is 46.3 cm³/mol. The number of nitrogens with zero attached hydrogens (tertiary/aromatic N) is 2. The predicted octanol–water partition coefficient (Wildman–Crippen LogP) is 1.16. The molecule has 3 nitrogen and oxygen atoms in total. The minimum Gasteiger partial charge on any atom is -0.291 e. The van der Waals surface area contributed by atoms with Gasteiger partial charge in [0.1, 0.15) is 5.15 Å². The lowest BCUT2D eigenvalue weighted by Crippen LogP contribution is -2.18. The van der Waals surface area contributed by atoms with Gasteiger partial charge in [-0.25, -0.2) is 4.98 Å². The van der Waals surface area contributed by atoms with Crippen LogP contribution in [0.4, 0.5) is 0 Å². The van der Waals surface area contributed by atoms with Gasteiger partial charge in [0, 0.05) is 13.1 Å². The van der Waals surface area contributed by atoms with Crippen molar-refractivity contribution in [3.8, 4) is 0 Å². The van der Waals surface area contributed by atoms with Gasteiger partial charge >= 0.3 is 0 Å². The SMILES string of the molecule is CSc1nc(Cl)cc(=O)n1C. The van der Waals surface area contributed by atoms with Crippen LogP contribution in [0.15, 0.2) is 16.0 Å². The molecule has 1 rings (SSSR count). The van der Waals surface area contributed by atoms with Crippen molar-refractivity contribution in [3.05, 3.63) is 21.6 Å². The summed E-state index contributed by atoms with van der Waals surface area (Å²) in [6.07, 6.45) is 1.85. The molecule has 1 aromatic rings. The van der Waals surface area contributed by atoms with Crippen LogP contribution in [0, 0.1) is 0 Å². The highest BCUT2D eigenvalue weighted by Gasteiger charge is 2.01. The summed E-state index contributed by atoms with van der Waals surface area (Å²) in [5, 5.41) is 0.875. The van der Waals surface area contributed by atoms with Crippen molar-refractivity contribution < 1.29 is 0 Å². The summed E-state index contributed by atoms with van der Waals surface area (Å²) in [7, 11) is 1.66. The Bertz CT molecular complexity index is 323. The van der Waals surface area contributed by atoms with E-state index in [1.165, 1.54) is 22.4 Å². The molecule has 0 unspecified atom stereocenters. The van der Waals surface area contributed by atoms with Gasteiger partial charge in [-0.1, -0.05) is 23.4 Å². The Balaban J connectivity index is 3.36. The van der Waals surface area contributed by atoms with E-state index < -0.39 is 0 Å². The largest absolute Gasteiger partial charge is 0.291 e. The molecule has 11 heavy (non-hydrogen) atoms. The van der Waals surface area contributed by atoms with Crippen LogP contribution in [0.25, 0.3) is 0 Å². The molecule has 0 N–H and O–H groups in total. The maximum atomic E-state index is 11.0. The van der Waals surface area contributed by atoms with Crippen molar-refractivity contribution >= 4 is 23.4 Å². The van der Waals surface area contributed by atoms with Crippen molar-refractivity contribution in [2.75, 3.05) is 6.26 Å². The van der Waals surface area contributed by atoms with E-state index in [9.17, 15) is 4.79 Å². The first kappa shape index (κ1) is 8.62. The maximum Gasteiger partial charge on any atom is 0.255 e. The van der Waals surface area contributed by atoms with Crippen molar-refractivity contribution in [2.24, 2.45) is 7.05 Å². The number of thioether (sulfide) groups is 1. The summed E-state index contributed by atoms with van der Waals surface area (Å²) >= 11 is 6.95. The first-order valence-corrected chi connectivity index (χ1v) is 4.53. The first-order valence-electron chi connectivity index (χ1n) is 2.92. The van der Waals surface area contributed by atoms with Crippen LogP contribution in [0.3, 0.4) is 0 Å². The molecule has 60 valence electrons. The highest BCUT2D eigenvalue weighted by atomic mass is 35.5. The minimum atomic E-state index is -0.130. The van der Waals surface area contributed by atoms with Crippen LogP contribution < -0.4 is 5.56 Å². The van der Waals surface area contributed by atoms with Crippen molar-refractivity contribution in [1.82, 2.24) is 9.55 Å². The fraction of sp³-hybridized carbons (Fsp3) is 0.333. The highest BCUT2D eigenvalue weighted by Crippen LogP contribution is 2.10. The number of hydrogen-bond donors (Lipinski definition) is 0. The molecular weight excluding hydrogens is 184 g/mol. The Hall–Kier alpha value is -0.480. The van der Waals surface area contributed by atoms with E-state index in [2.05, 4.69) is 4.98 Å². The Morgan fingerprint density at radius 1 is 1.73 bits per heavy atom. The zero-order valence-electron chi connectivity index (χ0n) is 6.17. The second-order valence-electron chi connectivity index (χ2n) is 1.96. The Morgan fingerprint density at radius 3 is 2.91 bits per heavy atom. The average Bonchev–Trinajstić information content (AvgIpc) is 1.96. The summed E-state index contributed by atoms with van der Waals surface area (Å²) in [5.74, 6) is 0. The molecule has 1 aromatic heterocycles. The van der Waals surface area contributed by atoms with Gasteiger partial charge < -0.3 is 0 Å². The highest BCUT2D eigenvalue weighted by molar-refractivity contribution is 7.98. The average molecular weight is 191 g/mol. The maximum absolute atomic E-state index is 11.0.